The highest BCUT2D eigenvalue weighted by Gasteiger charge is 2.18. The maximum absolute atomic E-state index is 11.9. The fourth-order valence-electron chi connectivity index (χ4n) is 2.36. The molecule has 1 aromatic carbocycles. The van der Waals surface area contributed by atoms with Gasteiger partial charge in [0.15, 0.2) is 6.61 Å². The Hall–Kier alpha value is -1.07. The molecule has 1 aliphatic rings. The van der Waals surface area contributed by atoms with E-state index in [1.807, 2.05) is 30.0 Å². The molecular weight excluding hydrogens is 320 g/mol. The summed E-state index contributed by atoms with van der Waals surface area (Å²) in [6.07, 6.45) is 3.02. The molecule has 20 heavy (non-hydrogen) atoms. The summed E-state index contributed by atoms with van der Waals surface area (Å²) in [6.45, 7) is 3.80. The van der Waals surface area contributed by atoms with Gasteiger partial charge in [0.2, 0.25) is 0 Å². The minimum absolute atomic E-state index is 0.0639. The summed E-state index contributed by atoms with van der Waals surface area (Å²) in [4.78, 5) is 13.8. The molecular formula is C15H21BrN2O2. The fourth-order valence-corrected chi connectivity index (χ4v) is 2.90. The minimum Gasteiger partial charge on any atom is -0.483 e. The monoisotopic (exact) mass is 340 g/mol. The van der Waals surface area contributed by atoms with Crippen molar-refractivity contribution in [3.63, 3.8) is 0 Å². The number of ether oxygens (including phenoxy) is 1. The van der Waals surface area contributed by atoms with E-state index >= 15 is 0 Å². The number of nitrogens with two attached hydrogens (primary N) is 1. The van der Waals surface area contributed by atoms with Crippen molar-refractivity contribution >= 4 is 21.8 Å². The molecule has 1 heterocycles. The predicted molar refractivity (Wildman–Crippen MR) is 82.8 cm³/mol. The van der Waals surface area contributed by atoms with E-state index in [1.165, 1.54) is 0 Å². The van der Waals surface area contributed by atoms with Gasteiger partial charge >= 0.3 is 0 Å². The molecule has 1 atom stereocenters. The molecule has 0 bridgehead atoms. The van der Waals surface area contributed by atoms with Crippen LogP contribution in [0.2, 0.25) is 0 Å². The van der Waals surface area contributed by atoms with Crippen LogP contribution in [-0.4, -0.2) is 36.5 Å². The number of nitrogens with zero attached hydrogens (tertiary/aromatic N) is 1. The second kappa shape index (κ2) is 7.09. The van der Waals surface area contributed by atoms with Gasteiger partial charge in [-0.05, 0) is 59.8 Å². The summed E-state index contributed by atoms with van der Waals surface area (Å²) in [5.41, 5.74) is 6.94. The summed E-state index contributed by atoms with van der Waals surface area (Å²) in [7, 11) is 0. The molecule has 110 valence electrons. The van der Waals surface area contributed by atoms with E-state index in [0.717, 1.165) is 42.4 Å². The number of amides is 1. The van der Waals surface area contributed by atoms with Gasteiger partial charge in [-0.2, -0.15) is 0 Å². The Labute approximate surface area is 128 Å². The van der Waals surface area contributed by atoms with E-state index in [0.29, 0.717) is 5.75 Å². The van der Waals surface area contributed by atoms with Crippen LogP contribution >= 0.6 is 15.9 Å². The van der Waals surface area contributed by atoms with Gasteiger partial charge < -0.3 is 15.4 Å². The van der Waals surface area contributed by atoms with Crippen molar-refractivity contribution in [2.24, 2.45) is 5.73 Å². The van der Waals surface area contributed by atoms with Crippen molar-refractivity contribution in [2.75, 3.05) is 19.7 Å². The predicted octanol–water partition coefficient (Wildman–Crippen LogP) is 2.34. The van der Waals surface area contributed by atoms with Gasteiger partial charge in [-0.25, -0.2) is 0 Å². The largest absolute Gasteiger partial charge is 0.483 e. The van der Waals surface area contributed by atoms with E-state index in [1.54, 1.807) is 0 Å². The van der Waals surface area contributed by atoms with Gasteiger partial charge in [0.1, 0.15) is 5.75 Å². The number of hydrogen-bond donors (Lipinski definition) is 1. The third-order valence-electron chi connectivity index (χ3n) is 3.36. The van der Waals surface area contributed by atoms with Crippen molar-refractivity contribution in [3.8, 4) is 5.75 Å². The molecule has 0 aromatic heterocycles. The molecule has 1 aliphatic heterocycles. The Morgan fingerprint density at radius 3 is 2.75 bits per heavy atom. The van der Waals surface area contributed by atoms with Gasteiger partial charge in [0.05, 0.1) is 4.47 Å². The van der Waals surface area contributed by atoms with Crippen molar-refractivity contribution in [3.05, 3.63) is 28.2 Å². The molecule has 0 aliphatic carbocycles. The number of carbonyl (C=O) groups excluding carboxylic acids is 1. The van der Waals surface area contributed by atoms with Gasteiger partial charge in [-0.15, -0.1) is 0 Å². The topological polar surface area (TPSA) is 55.6 Å². The third kappa shape index (κ3) is 4.21. The second-order valence-corrected chi connectivity index (χ2v) is 6.18. The zero-order chi connectivity index (χ0) is 14.5. The number of carbonyl (C=O) groups is 1. The minimum atomic E-state index is 0.0639. The summed E-state index contributed by atoms with van der Waals surface area (Å²) < 4.78 is 6.47. The van der Waals surface area contributed by atoms with Gasteiger partial charge in [0, 0.05) is 19.1 Å². The lowest BCUT2D eigenvalue weighted by Crippen LogP contribution is -2.32. The smallest absolute Gasteiger partial charge is 0.260 e. The molecule has 2 N–H and O–H groups in total. The van der Waals surface area contributed by atoms with Crippen LogP contribution in [0.25, 0.3) is 0 Å². The van der Waals surface area contributed by atoms with E-state index in [2.05, 4.69) is 15.9 Å². The first-order valence-electron chi connectivity index (χ1n) is 7.01. The van der Waals surface area contributed by atoms with Crippen LogP contribution < -0.4 is 10.5 Å². The first-order valence-corrected chi connectivity index (χ1v) is 7.80. The number of halogens is 1. The molecule has 2 rings (SSSR count). The number of rotatable bonds is 5. The Kier molecular flexibility index (Phi) is 5.43. The van der Waals surface area contributed by atoms with E-state index in [9.17, 15) is 4.79 Å². The lowest BCUT2D eigenvalue weighted by Gasteiger charge is -2.16. The molecule has 1 unspecified atom stereocenters. The van der Waals surface area contributed by atoms with Crippen LogP contribution in [0.4, 0.5) is 0 Å². The molecule has 0 spiro atoms. The molecule has 0 saturated carbocycles. The Morgan fingerprint density at radius 2 is 2.15 bits per heavy atom. The highest BCUT2D eigenvalue weighted by molar-refractivity contribution is 9.10. The lowest BCUT2D eigenvalue weighted by molar-refractivity contribution is -0.132. The molecule has 1 aromatic rings. The van der Waals surface area contributed by atoms with Gasteiger partial charge in [-0.3, -0.25) is 4.79 Å². The molecule has 0 radical (unpaired) electrons. The molecule has 1 saturated heterocycles. The Balaban J connectivity index is 1.90. The van der Waals surface area contributed by atoms with Crippen LogP contribution in [0.5, 0.6) is 5.75 Å². The summed E-state index contributed by atoms with van der Waals surface area (Å²) in [6, 6.07) is 6.01. The number of benzene rings is 1. The van der Waals surface area contributed by atoms with Crippen LogP contribution in [0.1, 0.15) is 25.3 Å². The zero-order valence-corrected chi connectivity index (χ0v) is 13.4. The molecule has 4 nitrogen and oxygen atoms in total. The first-order chi connectivity index (χ1) is 9.56. The SMILES string of the molecule is CC(N)Cc1ccc(OCC(=O)N2CCCC2)c(Br)c1. The van der Waals surface area contributed by atoms with Gasteiger partial charge in [0.25, 0.3) is 5.91 Å². The summed E-state index contributed by atoms with van der Waals surface area (Å²) in [5, 5.41) is 0. The van der Waals surface area contributed by atoms with Crippen LogP contribution in [-0.2, 0) is 11.2 Å². The van der Waals surface area contributed by atoms with Gasteiger partial charge in [-0.1, -0.05) is 6.07 Å². The third-order valence-corrected chi connectivity index (χ3v) is 3.98. The van der Waals surface area contributed by atoms with Crippen molar-refractivity contribution in [1.29, 1.82) is 0 Å². The van der Waals surface area contributed by atoms with E-state index < -0.39 is 0 Å². The highest BCUT2D eigenvalue weighted by Crippen LogP contribution is 2.26. The lowest BCUT2D eigenvalue weighted by atomic mass is 10.1. The summed E-state index contributed by atoms with van der Waals surface area (Å²) in [5.74, 6) is 0.764. The first kappa shape index (κ1) is 15.3. The molecule has 1 amide bonds. The second-order valence-electron chi connectivity index (χ2n) is 5.32. The maximum Gasteiger partial charge on any atom is 0.260 e. The fraction of sp³-hybridized carbons (Fsp3) is 0.533. The maximum atomic E-state index is 11.9. The molecule has 1 fully saturated rings. The Bertz CT molecular complexity index is 471. The number of likely N-dealkylation sites (tertiary alicyclic amines) is 1. The number of hydrogen-bond acceptors (Lipinski definition) is 3. The molecule has 5 heteroatoms. The standard InChI is InChI=1S/C15H21BrN2O2/c1-11(17)8-12-4-5-14(13(16)9-12)20-10-15(19)18-6-2-3-7-18/h4-5,9,11H,2-3,6-8,10,17H2,1H3. The quantitative estimate of drug-likeness (QED) is 0.894. The average molecular weight is 341 g/mol. The van der Waals surface area contributed by atoms with Crippen molar-refractivity contribution in [2.45, 2.75) is 32.2 Å². The Morgan fingerprint density at radius 1 is 1.45 bits per heavy atom. The highest BCUT2D eigenvalue weighted by atomic mass is 79.9. The van der Waals surface area contributed by atoms with Crippen LogP contribution in [0.15, 0.2) is 22.7 Å². The van der Waals surface area contributed by atoms with Crippen molar-refractivity contribution in [1.82, 2.24) is 4.90 Å². The summed E-state index contributed by atoms with van der Waals surface area (Å²) >= 11 is 3.48. The van der Waals surface area contributed by atoms with E-state index in [-0.39, 0.29) is 18.6 Å². The zero-order valence-electron chi connectivity index (χ0n) is 11.8. The van der Waals surface area contributed by atoms with Crippen molar-refractivity contribution < 1.29 is 9.53 Å². The normalized spacial score (nSPS) is 16.2. The van der Waals surface area contributed by atoms with Crippen LogP contribution in [0.3, 0.4) is 0 Å². The van der Waals surface area contributed by atoms with E-state index in [4.69, 9.17) is 10.5 Å². The van der Waals surface area contributed by atoms with Crippen LogP contribution in [0, 0.1) is 0 Å². The average Bonchev–Trinajstić information content (AvgIpc) is 2.90.